The van der Waals surface area contributed by atoms with Gasteiger partial charge in [-0.2, -0.15) is 0 Å². The highest BCUT2D eigenvalue weighted by molar-refractivity contribution is 5.66. The maximum Gasteiger partial charge on any atom is 0.303 e. The zero-order valence-electron chi connectivity index (χ0n) is 9.37. The molecule has 15 heavy (non-hydrogen) atoms. The SMILES string of the molecule is CC(N)CC1(CCC(=O)O)CCOCC1. The van der Waals surface area contributed by atoms with Gasteiger partial charge in [0.2, 0.25) is 0 Å². The van der Waals surface area contributed by atoms with E-state index in [1.165, 1.54) is 0 Å². The molecule has 4 nitrogen and oxygen atoms in total. The van der Waals surface area contributed by atoms with Crippen molar-refractivity contribution in [3.05, 3.63) is 0 Å². The van der Waals surface area contributed by atoms with Crippen LogP contribution >= 0.6 is 0 Å². The first kappa shape index (κ1) is 12.5. The van der Waals surface area contributed by atoms with E-state index >= 15 is 0 Å². The van der Waals surface area contributed by atoms with Crippen molar-refractivity contribution in [2.45, 2.75) is 45.1 Å². The molecule has 0 bridgehead atoms. The van der Waals surface area contributed by atoms with Crippen LogP contribution in [0.25, 0.3) is 0 Å². The summed E-state index contributed by atoms with van der Waals surface area (Å²) in [6.45, 7) is 3.47. The summed E-state index contributed by atoms with van der Waals surface area (Å²) in [6.07, 6.45) is 3.77. The Labute approximate surface area is 90.8 Å². The molecular formula is C11H21NO3. The standard InChI is InChI=1S/C11H21NO3/c1-9(12)8-11(3-2-10(13)14)4-6-15-7-5-11/h9H,2-8,12H2,1H3,(H,13,14). The van der Waals surface area contributed by atoms with Crippen molar-refractivity contribution in [2.75, 3.05) is 13.2 Å². The fourth-order valence-electron chi connectivity index (χ4n) is 2.42. The zero-order valence-corrected chi connectivity index (χ0v) is 9.37. The van der Waals surface area contributed by atoms with Crippen LogP contribution in [0.5, 0.6) is 0 Å². The van der Waals surface area contributed by atoms with Crippen molar-refractivity contribution in [3.8, 4) is 0 Å². The van der Waals surface area contributed by atoms with Crippen LogP contribution in [0.4, 0.5) is 0 Å². The van der Waals surface area contributed by atoms with E-state index in [9.17, 15) is 4.79 Å². The van der Waals surface area contributed by atoms with E-state index in [0.29, 0.717) is 0 Å². The van der Waals surface area contributed by atoms with E-state index in [4.69, 9.17) is 15.6 Å². The number of hydrogen-bond acceptors (Lipinski definition) is 3. The Kier molecular flexibility index (Phi) is 4.54. The van der Waals surface area contributed by atoms with Crippen LogP contribution in [0.3, 0.4) is 0 Å². The maximum atomic E-state index is 10.6. The summed E-state index contributed by atoms with van der Waals surface area (Å²) in [5.41, 5.74) is 5.93. The van der Waals surface area contributed by atoms with Gasteiger partial charge in [-0.15, -0.1) is 0 Å². The van der Waals surface area contributed by atoms with E-state index in [-0.39, 0.29) is 17.9 Å². The van der Waals surface area contributed by atoms with Crippen molar-refractivity contribution in [2.24, 2.45) is 11.1 Å². The predicted molar refractivity (Wildman–Crippen MR) is 57.6 cm³/mol. The van der Waals surface area contributed by atoms with Crippen LogP contribution in [0.15, 0.2) is 0 Å². The molecule has 1 heterocycles. The van der Waals surface area contributed by atoms with Crippen molar-refractivity contribution in [3.63, 3.8) is 0 Å². The van der Waals surface area contributed by atoms with Crippen LogP contribution in [0.2, 0.25) is 0 Å². The molecule has 4 heteroatoms. The van der Waals surface area contributed by atoms with Gasteiger partial charge in [0.25, 0.3) is 0 Å². The number of ether oxygens (including phenoxy) is 1. The van der Waals surface area contributed by atoms with Crippen LogP contribution in [-0.2, 0) is 9.53 Å². The van der Waals surface area contributed by atoms with Crippen molar-refractivity contribution in [1.82, 2.24) is 0 Å². The highest BCUT2D eigenvalue weighted by atomic mass is 16.5. The second-order valence-corrected chi connectivity index (χ2v) is 4.69. The molecule has 1 saturated heterocycles. The summed E-state index contributed by atoms with van der Waals surface area (Å²) in [5.74, 6) is -0.717. The maximum absolute atomic E-state index is 10.6. The van der Waals surface area contributed by atoms with Crippen molar-refractivity contribution >= 4 is 5.97 Å². The van der Waals surface area contributed by atoms with E-state index in [2.05, 4.69) is 0 Å². The van der Waals surface area contributed by atoms with Gasteiger partial charge in [0.15, 0.2) is 0 Å². The third-order valence-electron chi connectivity index (χ3n) is 3.18. The number of hydrogen-bond donors (Lipinski definition) is 2. The van der Waals surface area contributed by atoms with Crippen molar-refractivity contribution in [1.29, 1.82) is 0 Å². The molecule has 0 saturated carbocycles. The van der Waals surface area contributed by atoms with Gasteiger partial charge in [-0.3, -0.25) is 4.79 Å². The minimum atomic E-state index is -0.717. The lowest BCUT2D eigenvalue weighted by Gasteiger charge is -2.38. The number of nitrogens with two attached hydrogens (primary N) is 1. The van der Waals surface area contributed by atoms with Gasteiger partial charge in [-0.1, -0.05) is 0 Å². The van der Waals surface area contributed by atoms with Gasteiger partial charge in [0.1, 0.15) is 0 Å². The van der Waals surface area contributed by atoms with Gasteiger partial charge in [0.05, 0.1) is 0 Å². The Morgan fingerprint density at radius 3 is 2.60 bits per heavy atom. The monoisotopic (exact) mass is 215 g/mol. The van der Waals surface area contributed by atoms with Crippen molar-refractivity contribution < 1.29 is 14.6 Å². The lowest BCUT2D eigenvalue weighted by atomic mass is 9.72. The van der Waals surface area contributed by atoms with Gasteiger partial charge in [0, 0.05) is 25.7 Å². The number of carboxylic acid groups (broad SMARTS) is 1. The van der Waals surface area contributed by atoms with Gasteiger partial charge in [-0.05, 0) is 38.0 Å². The van der Waals surface area contributed by atoms with Gasteiger partial charge in [-0.25, -0.2) is 0 Å². The molecule has 88 valence electrons. The molecular weight excluding hydrogens is 194 g/mol. The largest absolute Gasteiger partial charge is 0.481 e. The molecule has 0 amide bonds. The zero-order chi connectivity index (χ0) is 11.3. The summed E-state index contributed by atoms with van der Waals surface area (Å²) in [7, 11) is 0. The lowest BCUT2D eigenvalue weighted by molar-refractivity contribution is -0.138. The summed E-state index contributed by atoms with van der Waals surface area (Å²) in [5, 5.41) is 8.73. The average molecular weight is 215 g/mol. The summed E-state index contributed by atoms with van der Waals surface area (Å²) < 4.78 is 5.32. The fourth-order valence-corrected chi connectivity index (χ4v) is 2.42. The predicted octanol–water partition coefficient (Wildman–Crippen LogP) is 1.39. The molecule has 1 fully saturated rings. The van der Waals surface area contributed by atoms with Crippen LogP contribution < -0.4 is 5.73 Å². The number of aliphatic carboxylic acids is 1. The first-order chi connectivity index (χ1) is 7.04. The highest BCUT2D eigenvalue weighted by Crippen LogP contribution is 2.39. The Morgan fingerprint density at radius 1 is 1.53 bits per heavy atom. The average Bonchev–Trinajstić information content (AvgIpc) is 2.15. The Balaban J connectivity index is 2.53. The second kappa shape index (κ2) is 5.47. The molecule has 3 N–H and O–H groups in total. The smallest absolute Gasteiger partial charge is 0.303 e. The topological polar surface area (TPSA) is 72.6 Å². The third-order valence-corrected chi connectivity index (χ3v) is 3.18. The van der Waals surface area contributed by atoms with E-state index in [0.717, 1.165) is 38.9 Å². The molecule has 1 atom stereocenters. The molecule has 0 aromatic rings. The molecule has 0 aromatic carbocycles. The number of rotatable bonds is 5. The highest BCUT2D eigenvalue weighted by Gasteiger charge is 2.33. The third kappa shape index (κ3) is 4.18. The van der Waals surface area contributed by atoms with E-state index < -0.39 is 5.97 Å². The summed E-state index contributed by atoms with van der Waals surface area (Å²) >= 11 is 0. The minimum absolute atomic E-state index is 0.102. The first-order valence-corrected chi connectivity index (χ1v) is 5.59. The Morgan fingerprint density at radius 2 is 2.13 bits per heavy atom. The molecule has 0 aromatic heterocycles. The molecule has 0 aliphatic carbocycles. The molecule has 1 unspecified atom stereocenters. The number of carbonyl (C=O) groups is 1. The van der Waals surface area contributed by atoms with Gasteiger partial charge < -0.3 is 15.6 Å². The van der Waals surface area contributed by atoms with E-state index in [1.807, 2.05) is 6.92 Å². The molecule has 1 aliphatic heterocycles. The van der Waals surface area contributed by atoms with E-state index in [1.54, 1.807) is 0 Å². The molecule has 1 aliphatic rings. The second-order valence-electron chi connectivity index (χ2n) is 4.69. The van der Waals surface area contributed by atoms with Crippen LogP contribution in [0, 0.1) is 5.41 Å². The lowest BCUT2D eigenvalue weighted by Crippen LogP contribution is -2.35. The summed E-state index contributed by atoms with van der Waals surface area (Å²) in [6, 6.07) is 0.136. The Hall–Kier alpha value is -0.610. The minimum Gasteiger partial charge on any atom is -0.481 e. The Bertz CT molecular complexity index is 210. The normalized spacial score (nSPS) is 22.3. The van der Waals surface area contributed by atoms with Crippen LogP contribution in [0.1, 0.15) is 39.0 Å². The molecule has 1 rings (SSSR count). The molecule has 0 radical (unpaired) electrons. The van der Waals surface area contributed by atoms with Gasteiger partial charge >= 0.3 is 5.97 Å². The molecule has 0 spiro atoms. The quantitative estimate of drug-likeness (QED) is 0.726. The van der Waals surface area contributed by atoms with Crippen LogP contribution in [-0.4, -0.2) is 30.3 Å². The number of carboxylic acids is 1. The fraction of sp³-hybridized carbons (Fsp3) is 0.909. The summed E-state index contributed by atoms with van der Waals surface area (Å²) in [4.78, 5) is 10.6. The first-order valence-electron chi connectivity index (χ1n) is 5.59.